The van der Waals surface area contributed by atoms with E-state index in [9.17, 15) is 5.11 Å². The maximum absolute atomic E-state index is 10.2. The highest BCUT2D eigenvalue weighted by molar-refractivity contribution is 6.77. The van der Waals surface area contributed by atoms with Gasteiger partial charge in [0.1, 0.15) is 0 Å². The van der Waals surface area contributed by atoms with Crippen LogP contribution in [0.25, 0.3) is 0 Å². The van der Waals surface area contributed by atoms with E-state index >= 15 is 0 Å². The maximum atomic E-state index is 10.2. The fourth-order valence-corrected chi connectivity index (χ4v) is 10.6. The highest BCUT2D eigenvalue weighted by Gasteiger charge is 2.46. The zero-order chi connectivity index (χ0) is 23.0. The minimum absolute atomic E-state index is 0.107. The summed E-state index contributed by atoms with van der Waals surface area (Å²) in [4.78, 5) is 0. The molecule has 0 aliphatic carbocycles. The molecule has 0 rings (SSSR count). The fourth-order valence-electron chi connectivity index (χ4n) is 5.02. The van der Waals surface area contributed by atoms with Crippen LogP contribution in [0.2, 0.25) is 16.6 Å². The molecule has 0 bridgehead atoms. The second-order valence-electron chi connectivity index (χ2n) is 11.1. The summed E-state index contributed by atoms with van der Waals surface area (Å²) >= 11 is 0. The lowest BCUT2D eigenvalue weighted by atomic mass is 9.81. The van der Waals surface area contributed by atoms with Crippen molar-refractivity contribution in [2.75, 3.05) is 26.9 Å². The van der Waals surface area contributed by atoms with E-state index in [0.29, 0.717) is 35.8 Å². The molecule has 0 aromatic carbocycles. The van der Waals surface area contributed by atoms with Gasteiger partial charge in [-0.3, -0.25) is 0 Å². The quantitative estimate of drug-likeness (QED) is 0.303. The molecule has 4 nitrogen and oxygen atoms in total. The van der Waals surface area contributed by atoms with E-state index in [2.05, 4.69) is 76.2 Å². The highest BCUT2D eigenvalue weighted by Crippen LogP contribution is 2.44. The van der Waals surface area contributed by atoms with Gasteiger partial charge in [0, 0.05) is 25.7 Å². The number of methoxy groups -OCH3 is 1. The molecule has 0 saturated heterocycles. The van der Waals surface area contributed by atoms with Crippen molar-refractivity contribution in [3.63, 3.8) is 0 Å². The standard InChI is InChI=1S/C24H52O4Si/c1-18(2)29(19(3)4,20(5)6)28-17-24(11,16-25)15-23(9,10)27-14-13-21(7)22(8)26-12/h18-22,25H,13-17H2,1-12H3. The first-order valence-electron chi connectivity index (χ1n) is 11.6. The predicted octanol–water partition coefficient (Wildman–Crippen LogP) is 6.42. The molecule has 0 aliphatic rings. The minimum atomic E-state index is -1.95. The van der Waals surface area contributed by atoms with Crippen LogP contribution in [-0.4, -0.2) is 52.1 Å². The largest absolute Gasteiger partial charge is 0.415 e. The summed E-state index contributed by atoms with van der Waals surface area (Å²) in [5.74, 6) is 0.457. The van der Waals surface area contributed by atoms with Gasteiger partial charge in [-0.15, -0.1) is 0 Å². The average molecular weight is 433 g/mol. The Labute approximate surface area is 183 Å². The van der Waals surface area contributed by atoms with Gasteiger partial charge in [0.15, 0.2) is 8.32 Å². The lowest BCUT2D eigenvalue weighted by Crippen LogP contribution is -2.51. The molecule has 0 aromatic rings. The molecule has 0 aliphatic heterocycles. The molecule has 0 spiro atoms. The maximum Gasteiger partial charge on any atom is 0.200 e. The summed E-state index contributed by atoms with van der Waals surface area (Å²) in [6.07, 6.45) is 1.97. The molecule has 0 saturated carbocycles. The van der Waals surface area contributed by atoms with E-state index in [1.54, 1.807) is 7.11 Å². The molecule has 29 heavy (non-hydrogen) atoms. The monoisotopic (exact) mass is 432 g/mol. The van der Waals surface area contributed by atoms with Crippen molar-refractivity contribution in [1.82, 2.24) is 0 Å². The Morgan fingerprint density at radius 1 is 0.862 bits per heavy atom. The van der Waals surface area contributed by atoms with Crippen molar-refractivity contribution in [2.45, 2.75) is 117 Å². The molecule has 0 heterocycles. The zero-order valence-electron chi connectivity index (χ0n) is 21.6. The lowest BCUT2D eigenvalue weighted by Gasteiger charge is -2.45. The Morgan fingerprint density at radius 2 is 1.34 bits per heavy atom. The summed E-state index contributed by atoms with van der Waals surface area (Å²) in [5, 5.41) is 10.2. The van der Waals surface area contributed by atoms with Gasteiger partial charge in [0.2, 0.25) is 0 Å². The molecular weight excluding hydrogens is 380 g/mol. The van der Waals surface area contributed by atoms with Crippen molar-refractivity contribution in [1.29, 1.82) is 0 Å². The van der Waals surface area contributed by atoms with Gasteiger partial charge in [0.05, 0.1) is 18.3 Å². The van der Waals surface area contributed by atoms with E-state index in [1.165, 1.54) is 0 Å². The van der Waals surface area contributed by atoms with E-state index in [-0.39, 0.29) is 23.7 Å². The predicted molar refractivity (Wildman–Crippen MR) is 127 cm³/mol. The molecule has 3 atom stereocenters. The second-order valence-corrected chi connectivity index (χ2v) is 16.5. The summed E-state index contributed by atoms with van der Waals surface area (Å²) in [7, 11) is -0.195. The van der Waals surface area contributed by atoms with Crippen LogP contribution < -0.4 is 0 Å². The van der Waals surface area contributed by atoms with E-state index in [1.807, 2.05) is 0 Å². The van der Waals surface area contributed by atoms with Crippen LogP contribution in [0.15, 0.2) is 0 Å². The SMILES string of the molecule is COC(C)C(C)CCOC(C)(C)CC(C)(CO)CO[Si](C(C)C)(C(C)C)C(C)C. The van der Waals surface area contributed by atoms with Gasteiger partial charge in [-0.25, -0.2) is 0 Å². The van der Waals surface area contributed by atoms with Gasteiger partial charge in [-0.1, -0.05) is 55.4 Å². The van der Waals surface area contributed by atoms with Crippen molar-refractivity contribution < 1.29 is 19.0 Å². The third-order valence-electron chi connectivity index (χ3n) is 6.85. The minimum Gasteiger partial charge on any atom is -0.415 e. The number of aliphatic hydroxyl groups is 1. The first-order chi connectivity index (χ1) is 13.2. The molecule has 3 unspecified atom stereocenters. The van der Waals surface area contributed by atoms with Gasteiger partial charge in [-0.2, -0.15) is 0 Å². The second kappa shape index (κ2) is 12.2. The molecule has 1 N–H and O–H groups in total. The summed E-state index contributed by atoms with van der Waals surface area (Å²) in [6.45, 7) is 25.9. The molecule has 0 fully saturated rings. The van der Waals surface area contributed by atoms with Gasteiger partial charge in [0.25, 0.3) is 0 Å². The lowest BCUT2D eigenvalue weighted by molar-refractivity contribution is -0.0752. The molecule has 0 aromatic heterocycles. The van der Waals surface area contributed by atoms with E-state index in [4.69, 9.17) is 13.9 Å². The zero-order valence-corrected chi connectivity index (χ0v) is 22.6. The van der Waals surface area contributed by atoms with Crippen molar-refractivity contribution in [3.05, 3.63) is 0 Å². The van der Waals surface area contributed by atoms with Crippen molar-refractivity contribution in [2.24, 2.45) is 11.3 Å². The van der Waals surface area contributed by atoms with Crippen LogP contribution in [0, 0.1) is 11.3 Å². The summed E-state index contributed by atoms with van der Waals surface area (Å²) < 4.78 is 18.5. The number of hydrogen-bond donors (Lipinski definition) is 1. The Kier molecular flexibility index (Phi) is 12.2. The smallest absolute Gasteiger partial charge is 0.200 e. The van der Waals surface area contributed by atoms with Crippen LogP contribution in [0.4, 0.5) is 0 Å². The number of aliphatic hydroxyl groups excluding tert-OH is 1. The van der Waals surface area contributed by atoms with E-state index in [0.717, 1.165) is 12.8 Å². The van der Waals surface area contributed by atoms with Crippen LogP contribution >= 0.6 is 0 Å². The summed E-state index contributed by atoms with van der Waals surface area (Å²) in [5.41, 5.74) is 0.998. The Morgan fingerprint density at radius 3 is 1.72 bits per heavy atom. The third kappa shape index (κ3) is 8.60. The molecule has 0 amide bonds. The number of hydrogen-bond acceptors (Lipinski definition) is 4. The van der Waals surface area contributed by atoms with Crippen LogP contribution in [-0.2, 0) is 13.9 Å². The fraction of sp³-hybridized carbons (Fsp3) is 1.00. The van der Waals surface area contributed by atoms with Crippen LogP contribution in [0.3, 0.4) is 0 Å². The molecule has 5 heteroatoms. The van der Waals surface area contributed by atoms with Gasteiger partial charge < -0.3 is 19.0 Å². The topological polar surface area (TPSA) is 47.9 Å². The van der Waals surface area contributed by atoms with Crippen LogP contribution in [0.1, 0.15) is 89.0 Å². The van der Waals surface area contributed by atoms with Crippen LogP contribution in [0.5, 0.6) is 0 Å². The normalized spacial score (nSPS) is 17.8. The van der Waals surface area contributed by atoms with Crippen molar-refractivity contribution >= 4 is 8.32 Å². The Balaban J connectivity index is 5.07. The third-order valence-corrected chi connectivity index (χ3v) is 12.9. The first kappa shape index (κ1) is 29.1. The van der Waals surface area contributed by atoms with Gasteiger partial charge >= 0.3 is 0 Å². The Hall–Kier alpha value is 0.0569. The Bertz CT molecular complexity index is 428. The summed E-state index contributed by atoms with van der Waals surface area (Å²) in [6, 6.07) is 0. The molecule has 0 radical (unpaired) electrons. The number of ether oxygens (including phenoxy) is 2. The van der Waals surface area contributed by atoms with Gasteiger partial charge in [-0.05, 0) is 56.2 Å². The average Bonchev–Trinajstić information content (AvgIpc) is 2.59. The molecular formula is C24H52O4Si. The first-order valence-corrected chi connectivity index (χ1v) is 13.7. The highest BCUT2D eigenvalue weighted by atomic mass is 28.4. The number of rotatable bonds is 15. The van der Waals surface area contributed by atoms with Crippen molar-refractivity contribution in [3.8, 4) is 0 Å². The molecule has 176 valence electrons. The van der Waals surface area contributed by atoms with E-state index < -0.39 is 8.32 Å².